The van der Waals surface area contributed by atoms with E-state index in [1.807, 2.05) is 0 Å². The molecule has 0 nitrogen and oxygen atoms in total. The fraction of sp³-hybridized carbons (Fsp3) is 0.273. The summed E-state index contributed by atoms with van der Waals surface area (Å²) >= 11 is 3.53. The molecule has 0 fully saturated rings. The van der Waals surface area contributed by atoms with E-state index in [4.69, 9.17) is 0 Å². The van der Waals surface area contributed by atoms with Crippen molar-refractivity contribution in [3.63, 3.8) is 0 Å². The predicted molar refractivity (Wildman–Crippen MR) is 57.4 cm³/mol. The van der Waals surface area contributed by atoms with Crippen LogP contribution in [0.15, 0.2) is 34.8 Å². The van der Waals surface area contributed by atoms with Gasteiger partial charge in [-0.3, -0.25) is 0 Å². The summed E-state index contributed by atoms with van der Waals surface area (Å²) in [5.74, 6) is 0. The summed E-state index contributed by atoms with van der Waals surface area (Å²) in [6.07, 6.45) is 0.966. The Bertz CT molecular complexity index is 280. The molecule has 0 aliphatic rings. The van der Waals surface area contributed by atoms with Gasteiger partial charge < -0.3 is 0 Å². The minimum absolute atomic E-state index is 0.966. The maximum Gasteiger partial charge on any atom is 0.0213 e. The summed E-state index contributed by atoms with van der Waals surface area (Å²) in [5.41, 5.74) is 3.88. The predicted octanol–water partition coefficient (Wildman–Crippen LogP) is 3.88. The molecular formula is C11H13Br. The smallest absolute Gasteiger partial charge is 0.0213 e. The summed E-state index contributed by atoms with van der Waals surface area (Å²) in [7, 11) is 0. The van der Waals surface area contributed by atoms with Gasteiger partial charge in [0, 0.05) is 4.47 Å². The van der Waals surface area contributed by atoms with Crippen LogP contribution in [0.3, 0.4) is 0 Å². The molecule has 0 radical (unpaired) electrons. The molecule has 0 spiro atoms. The van der Waals surface area contributed by atoms with Crippen molar-refractivity contribution in [3.05, 3.63) is 46.0 Å². The van der Waals surface area contributed by atoms with Crippen molar-refractivity contribution in [2.45, 2.75) is 20.3 Å². The Morgan fingerprint density at radius 2 is 2.17 bits per heavy atom. The average molecular weight is 225 g/mol. The molecule has 64 valence electrons. The van der Waals surface area contributed by atoms with Crippen LogP contribution in [0.25, 0.3) is 0 Å². The molecule has 0 saturated heterocycles. The van der Waals surface area contributed by atoms with Crippen LogP contribution in [0.5, 0.6) is 0 Å². The highest BCUT2D eigenvalue weighted by atomic mass is 79.9. The van der Waals surface area contributed by atoms with E-state index in [1.54, 1.807) is 0 Å². The molecule has 0 heterocycles. The van der Waals surface area contributed by atoms with E-state index in [2.05, 4.69) is 54.6 Å². The van der Waals surface area contributed by atoms with Gasteiger partial charge in [0.1, 0.15) is 0 Å². The first-order valence-electron chi connectivity index (χ1n) is 3.99. The SMILES string of the molecule is C=C(C)Cc1c(C)cccc1Br. The van der Waals surface area contributed by atoms with E-state index in [0.29, 0.717) is 0 Å². The Morgan fingerprint density at radius 3 is 2.67 bits per heavy atom. The number of benzene rings is 1. The maximum absolute atomic E-state index is 3.91. The molecule has 0 amide bonds. The molecule has 12 heavy (non-hydrogen) atoms. The van der Waals surface area contributed by atoms with E-state index in [-0.39, 0.29) is 0 Å². The first-order chi connectivity index (χ1) is 5.61. The second-order valence-electron chi connectivity index (χ2n) is 3.17. The lowest BCUT2D eigenvalue weighted by Crippen LogP contribution is -1.91. The van der Waals surface area contributed by atoms with Crippen LogP contribution < -0.4 is 0 Å². The largest absolute Gasteiger partial charge is 0.0998 e. The highest BCUT2D eigenvalue weighted by Crippen LogP contribution is 2.22. The van der Waals surface area contributed by atoms with Crippen molar-refractivity contribution in [1.29, 1.82) is 0 Å². The number of halogens is 1. The zero-order chi connectivity index (χ0) is 9.14. The third-order valence-electron chi connectivity index (χ3n) is 1.83. The van der Waals surface area contributed by atoms with Crippen molar-refractivity contribution >= 4 is 15.9 Å². The Hall–Kier alpha value is -0.560. The fourth-order valence-electron chi connectivity index (χ4n) is 1.19. The van der Waals surface area contributed by atoms with Gasteiger partial charge >= 0.3 is 0 Å². The molecule has 0 saturated carbocycles. The normalized spacial score (nSPS) is 9.92. The Balaban J connectivity index is 3.04. The second-order valence-corrected chi connectivity index (χ2v) is 4.02. The fourth-order valence-corrected chi connectivity index (χ4v) is 1.80. The summed E-state index contributed by atoms with van der Waals surface area (Å²) in [5, 5.41) is 0. The van der Waals surface area contributed by atoms with Gasteiger partial charge in [0.25, 0.3) is 0 Å². The van der Waals surface area contributed by atoms with E-state index in [9.17, 15) is 0 Å². The first-order valence-corrected chi connectivity index (χ1v) is 4.79. The minimum atomic E-state index is 0.966. The molecule has 0 aliphatic heterocycles. The van der Waals surface area contributed by atoms with Gasteiger partial charge in [-0.15, -0.1) is 0 Å². The number of hydrogen-bond donors (Lipinski definition) is 0. The van der Waals surface area contributed by atoms with Gasteiger partial charge in [-0.25, -0.2) is 0 Å². The monoisotopic (exact) mass is 224 g/mol. The molecule has 0 unspecified atom stereocenters. The number of allylic oxidation sites excluding steroid dienone is 1. The average Bonchev–Trinajstić information content (AvgIpc) is 1.97. The zero-order valence-electron chi connectivity index (χ0n) is 7.52. The first kappa shape index (κ1) is 9.53. The van der Waals surface area contributed by atoms with Crippen LogP contribution in [-0.4, -0.2) is 0 Å². The lowest BCUT2D eigenvalue weighted by Gasteiger charge is -2.07. The molecule has 0 atom stereocenters. The molecule has 1 rings (SSSR count). The standard InChI is InChI=1S/C11H13Br/c1-8(2)7-10-9(3)5-4-6-11(10)12/h4-6H,1,7H2,2-3H3. The summed E-state index contributed by atoms with van der Waals surface area (Å²) in [6.45, 7) is 8.09. The Morgan fingerprint density at radius 1 is 1.50 bits per heavy atom. The quantitative estimate of drug-likeness (QED) is 0.670. The summed E-state index contributed by atoms with van der Waals surface area (Å²) in [4.78, 5) is 0. The van der Waals surface area contributed by atoms with Gasteiger partial charge in [-0.05, 0) is 37.5 Å². The molecule has 0 N–H and O–H groups in total. The lowest BCUT2D eigenvalue weighted by molar-refractivity contribution is 1.11. The number of rotatable bonds is 2. The van der Waals surface area contributed by atoms with Crippen molar-refractivity contribution < 1.29 is 0 Å². The number of aryl methyl sites for hydroxylation is 1. The van der Waals surface area contributed by atoms with E-state index < -0.39 is 0 Å². The van der Waals surface area contributed by atoms with Crippen LogP contribution in [0, 0.1) is 6.92 Å². The van der Waals surface area contributed by atoms with E-state index >= 15 is 0 Å². The topological polar surface area (TPSA) is 0 Å². The molecule has 0 aliphatic carbocycles. The molecular weight excluding hydrogens is 212 g/mol. The van der Waals surface area contributed by atoms with Crippen LogP contribution >= 0.6 is 15.9 Å². The van der Waals surface area contributed by atoms with Gasteiger partial charge in [-0.2, -0.15) is 0 Å². The van der Waals surface area contributed by atoms with Crippen LogP contribution in [0.4, 0.5) is 0 Å². The van der Waals surface area contributed by atoms with Gasteiger partial charge in [0.15, 0.2) is 0 Å². The molecule has 1 heteroatoms. The maximum atomic E-state index is 3.91. The van der Waals surface area contributed by atoms with Gasteiger partial charge in [-0.1, -0.05) is 40.2 Å². The van der Waals surface area contributed by atoms with Crippen molar-refractivity contribution in [1.82, 2.24) is 0 Å². The van der Waals surface area contributed by atoms with Crippen molar-refractivity contribution in [2.24, 2.45) is 0 Å². The number of hydrogen-bond acceptors (Lipinski definition) is 0. The Labute approximate surface area is 82.4 Å². The summed E-state index contributed by atoms with van der Waals surface area (Å²) in [6, 6.07) is 6.26. The minimum Gasteiger partial charge on any atom is -0.0998 e. The molecule has 0 aromatic heterocycles. The molecule has 1 aromatic rings. The van der Waals surface area contributed by atoms with Crippen LogP contribution in [0.1, 0.15) is 18.1 Å². The van der Waals surface area contributed by atoms with Gasteiger partial charge in [0.2, 0.25) is 0 Å². The third-order valence-corrected chi connectivity index (χ3v) is 2.57. The van der Waals surface area contributed by atoms with Gasteiger partial charge in [0.05, 0.1) is 0 Å². The second kappa shape index (κ2) is 3.90. The van der Waals surface area contributed by atoms with Crippen LogP contribution in [-0.2, 0) is 6.42 Å². The Kier molecular flexibility index (Phi) is 3.10. The third kappa shape index (κ3) is 2.21. The highest BCUT2D eigenvalue weighted by molar-refractivity contribution is 9.10. The van der Waals surface area contributed by atoms with Crippen molar-refractivity contribution in [2.75, 3.05) is 0 Å². The zero-order valence-corrected chi connectivity index (χ0v) is 9.11. The lowest BCUT2D eigenvalue weighted by atomic mass is 10.0. The van der Waals surface area contributed by atoms with Crippen LogP contribution in [0.2, 0.25) is 0 Å². The van der Waals surface area contributed by atoms with E-state index in [1.165, 1.54) is 21.2 Å². The molecule has 1 aromatic carbocycles. The summed E-state index contributed by atoms with van der Waals surface area (Å²) < 4.78 is 1.19. The van der Waals surface area contributed by atoms with Crippen molar-refractivity contribution in [3.8, 4) is 0 Å². The molecule has 0 bridgehead atoms. The van der Waals surface area contributed by atoms with E-state index in [0.717, 1.165) is 6.42 Å². The highest BCUT2D eigenvalue weighted by Gasteiger charge is 2.02.